The van der Waals surface area contributed by atoms with Gasteiger partial charge >= 0.3 is 18.0 Å². The molecule has 7 unspecified atom stereocenters. The van der Waals surface area contributed by atoms with Crippen LogP contribution < -0.4 is 20.3 Å². The van der Waals surface area contributed by atoms with Gasteiger partial charge in [-0.2, -0.15) is 0 Å². The van der Waals surface area contributed by atoms with Crippen molar-refractivity contribution in [3.63, 3.8) is 0 Å². The van der Waals surface area contributed by atoms with Gasteiger partial charge in [0.1, 0.15) is 36.0 Å². The van der Waals surface area contributed by atoms with Gasteiger partial charge in [-0.05, 0) is 70.6 Å². The van der Waals surface area contributed by atoms with E-state index in [0.29, 0.717) is 33.5 Å². The molecular weight excluding hydrogens is 899 g/mol. The summed E-state index contributed by atoms with van der Waals surface area (Å²) in [5, 5.41) is 25.2. The van der Waals surface area contributed by atoms with Gasteiger partial charge in [0.2, 0.25) is 11.8 Å². The third-order valence-corrected chi connectivity index (χ3v) is 13.8. The first-order valence-corrected chi connectivity index (χ1v) is 23.4. The molecule has 7 atom stereocenters. The molecule has 9 rings (SSSR count). The standard InChI is InChI=1S/C53H49N5O10S/c1-31(2)42(48(62)66-3)55-52(65)57-39-26-21-32(14-12-13-27-59)30-37(39)53(50(57)64)41(47(61)56-51-54-38-19-10-11-20-40(38)69-51)44-49(63)68-45(34-17-8-5-9-18-34)43(33-15-6-4-7-16-33)58(44)46(53)35-22-24-36(25-23-35)67-29-28-60/h4-11,15-26,30-31,41-46,59-60H,13,27-29H2,1-3H3,(H,55,65)(H,54,56,61). The van der Waals surface area contributed by atoms with Crippen LogP contribution in [0.1, 0.15) is 66.3 Å². The number of cyclic esters (lactones) is 1. The van der Waals surface area contributed by atoms with Crippen LogP contribution in [-0.2, 0) is 34.1 Å². The van der Waals surface area contributed by atoms with Crippen LogP contribution in [0.4, 0.5) is 15.6 Å². The number of nitrogens with zero attached hydrogens (tertiary/aromatic N) is 3. The minimum Gasteiger partial charge on any atom is -0.491 e. The summed E-state index contributed by atoms with van der Waals surface area (Å²) in [5.41, 5.74) is 1.02. The van der Waals surface area contributed by atoms with Crippen LogP contribution in [0.2, 0.25) is 0 Å². The van der Waals surface area contributed by atoms with E-state index in [0.717, 1.165) is 9.60 Å². The van der Waals surface area contributed by atoms with Crippen molar-refractivity contribution in [2.24, 2.45) is 11.8 Å². The summed E-state index contributed by atoms with van der Waals surface area (Å²) < 4.78 is 18.2. The number of imide groups is 1. The SMILES string of the molecule is COC(=O)C(NC(=O)N1C(=O)C2(c3cc(C#CCCO)ccc31)C(C(=O)Nc1nc3ccccc3s1)C1C(=O)OC(c3ccccc3)C(c3ccccc3)N1C2c1ccc(OCCO)cc1)C(C)C. The lowest BCUT2D eigenvalue weighted by Gasteiger charge is -2.46. The van der Waals surface area contributed by atoms with Crippen molar-refractivity contribution >= 4 is 62.2 Å². The number of carbonyl (C=O) groups is 5. The van der Waals surface area contributed by atoms with Gasteiger partial charge in [0.25, 0.3) is 0 Å². The van der Waals surface area contributed by atoms with Gasteiger partial charge in [0.05, 0.1) is 54.2 Å². The van der Waals surface area contributed by atoms with E-state index in [2.05, 4.69) is 22.5 Å². The Morgan fingerprint density at radius 1 is 0.855 bits per heavy atom. The van der Waals surface area contributed by atoms with E-state index in [1.807, 2.05) is 89.8 Å². The fourth-order valence-electron chi connectivity index (χ4n) is 10.0. The number of ether oxygens (including phenoxy) is 3. The van der Waals surface area contributed by atoms with Crippen LogP contribution in [0.25, 0.3) is 10.2 Å². The number of morpholine rings is 1. The topological polar surface area (TPSA) is 197 Å². The number of aliphatic hydroxyl groups excluding tert-OH is 2. The number of nitrogens with one attached hydrogen (secondary N) is 2. The summed E-state index contributed by atoms with van der Waals surface area (Å²) in [6.45, 7) is 3.01. The summed E-state index contributed by atoms with van der Waals surface area (Å²) in [5.74, 6) is 1.19. The first-order valence-electron chi connectivity index (χ1n) is 22.6. The monoisotopic (exact) mass is 947 g/mol. The number of hydrogen-bond acceptors (Lipinski definition) is 13. The predicted octanol–water partition coefficient (Wildman–Crippen LogP) is 6.61. The Hall–Kier alpha value is -7.42. The van der Waals surface area contributed by atoms with E-state index in [9.17, 15) is 15.0 Å². The number of anilines is 2. The molecule has 15 nitrogen and oxygen atoms in total. The highest BCUT2D eigenvalue weighted by Gasteiger charge is 2.75. The zero-order valence-corrected chi connectivity index (χ0v) is 38.7. The van der Waals surface area contributed by atoms with Crippen LogP contribution >= 0.6 is 11.3 Å². The lowest BCUT2D eigenvalue weighted by Crippen LogP contribution is -2.57. The number of methoxy groups -OCH3 is 1. The van der Waals surface area contributed by atoms with Gasteiger partial charge in [-0.1, -0.05) is 122 Å². The van der Waals surface area contributed by atoms with E-state index in [1.165, 1.54) is 18.4 Å². The molecule has 3 aliphatic rings. The summed E-state index contributed by atoms with van der Waals surface area (Å²) >= 11 is 1.22. The number of benzene rings is 5. The molecule has 1 spiro atoms. The molecule has 4 N–H and O–H groups in total. The van der Waals surface area contributed by atoms with Gasteiger partial charge < -0.3 is 35.1 Å². The lowest BCUT2D eigenvalue weighted by atomic mass is 9.65. The number of fused-ring (bicyclic) bond motifs is 4. The number of amides is 4. The molecule has 3 aliphatic heterocycles. The van der Waals surface area contributed by atoms with Crippen LogP contribution in [0.15, 0.2) is 127 Å². The number of para-hydroxylation sites is 1. The van der Waals surface area contributed by atoms with E-state index < -0.39 is 77.3 Å². The van der Waals surface area contributed by atoms with Crippen molar-refractivity contribution in [2.45, 2.75) is 56.0 Å². The number of esters is 2. The fraction of sp³-hybridized carbons (Fsp3) is 0.283. The van der Waals surface area contributed by atoms with E-state index in [-0.39, 0.29) is 42.6 Å². The number of carbonyl (C=O) groups excluding carboxylic acids is 5. The molecule has 1 aromatic heterocycles. The third-order valence-electron chi connectivity index (χ3n) is 12.9. The normalized spacial score (nSPS) is 22.1. The van der Waals surface area contributed by atoms with Gasteiger partial charge in [-0.3, -0.25) is 19.3 Å². The molecule has 4 heterocycles. The molecular formula is C53H49N5O10S. The number of rotatable bonds is 12. The molecule has 69 heavy (non-hydrogen) atoms. The maximum atomic E-state index is 16.6. The third kappa shape index (κ3) is 8.37. The van der Waals surface area contributed by atoms with Crippen molar-refractivity contribution in [2.75, 3.05) is 37.1 Å². The zero-order chi connectivity index (χ0) is 48.4. The maximum Gasteiger partial charge on any atom is 0.329 e. The number of thiazole rings is 1. The van der Waals surface area contributed by atoms with E-state index in [1.54, 1.807) is 56.3 Å². The van der Waals surface area contributed by atoms with Crippen molar-refractivity contribution in [3.8, 4) is 17.6 Å². The summed E-state index contributed by atoms with van der Waals surface area (Å²) in [6.07, 6.45) is -0.824. The minimum absolute atomic E-state index is 0.00851. The average molecular weight is 948 g/mol. The largest absolute Gasteiger partial charge is 0.491 e. The van der Waals surface area contributed by atoms with Crippen molar-refractivity contribution in [1.82, 2.24) is 15.2 Å². The smallest absolute Gasteiger partial charge is 0.329 e. The van der Waals surface area contributed by atoms with Gasteiger partial charge in [-0.15, -0.1) is 0 Å². The molecule has 352 valence electrons. The number of aliphatic hydroxyl groups is 2. The fourth-order valence-corrected chi connectivity index (χ4v) is 10.9. The Morgan fingerprint density at radius 2 is 1.55 bits per heavy atom. The number of aromatic nitrogens is 1. The van der Waals surface area contributed by atoms with E-state index >= 15 is 19.2 Å². The predicted molar refractivity (Wildman–Crippen MR) is 257 cm³/mol. The van der Waals surface area contributed by atoms with Gasteiger partial charge in [0, 0.05) is 12.0 Å². The molecule has 2 saturated heterocycles. The highest BCUT2D eigenvalue weighted by Crippen LogP contribution is 2.66. The van der Waals surface area contributed by atoms with E-state index in [4.69, 9.17) is 19.2 Å². The second-order valence-corrected chi connectivity index (χ2v) is 18.3. The Kier molecular flexibility index (Phi) is 13.3. The molecule has 16 heteroatoms. The zero-order valence-electron chi connectivity index (χ0n) is 37.9. The molecule has 6 aromatic rings. The Bertz CT molecular complexity index is 2940. The van der Waals surface area contributed by atoms with Crippen molar-refractivity contribution in [1.29, 1.82) is 0 Å². The van der Waals surface area contributed by atoms with Gasteiger partial charge in [0.15, 0.2) is 5.13 Å². The Labute approximate surface area is 402 Å². The van der Waals surface area contributed by atoms with Gasteiger partial charge in [-0.25, -0.2) is 19.5 Å². The molecule has 0 saturated carbocycles. The average Bonchev–Trinajstić information content (AvgIpc) is 4.01. The molecule has 2 fully saturated rings. The summed E-state index contributed by atoms with van der Waals surface area (Å²) in [4.78, 5) is 83.7. The molecule has 4 amide bonds. The lowest BCUT2D eigenvalue weighted by molar-refractivity contribution is -0.177. The van der Waals surface area contributed by atoms with Crippen molar-refractivity contribution in [3.05, 3.63) is 155 Å². The van der Waals surface area contributed by atoms with Crippen LogP contribution in [-0.4, -0.2) is 88.9 Å². The summed E-state index contributed by atoms with van der Waals surface area (Å²) in [7, 11) is 1.20. The number of urea groups is 1. The number of hydrogen-bond donors (Lipinski definition) is 4. The second kappa shape index (κ2) is 19.7. The van der Waals surface area contributed by atoms with Crippen LogP contribution in [0.3, 0.4) is 0 Å². The maximum absolute atomic E-state index is 16.6. The highest BCUT2D eigenvalue weighted by molar-refractivity contribution is 7.22. The Morgan fingerprint density at radius 3 is 2.22 bits per heavy atom. The summed E-state index contributed by atoms with van der Waals surface area (Å²) in [6, 6.07) is 32.0. The quantitative estimate of drug-likeness (QED) is 0.0758. The molecule has 0 radical (unpaired) electrons. The second-order valence-electron chi connectivity index (χ2n) is 17.2. The van der Waals surface area contributed by atoms with Crippen molar-refractivity contribution < 1.29 is 48.4 Å². The molecule has 0 bridgehead atoms. The van der Waals surface area contributed by atoms with Crippen LogP contribution in [0.5, 0.6) is 5.75 Å². The Balaban J connectivity index is 1.36. The molecule has 5 aromatic carbocycles. The highest BCUT2D eigenvalue weighted by atomic mass is 32.1. The first kappa shape index (κ1) is 46.7. The van der Waals surface area contributed by atoms with Crippen LogP contribution in [0, 0.1) is 23.7 Å². The molecule has 0 aliphatic carbocycles. The minimum atomic E-state index is -2.14. The first-order chi connectivity index (χ1) is 33.5.